The Labute approximate surface area is 150 Å². The first-order chi connectivity index (χ1) is 10.3. The zero-order valence-corrected chi connectivity index (χ0v) is 16.3. The zero-order valence-electron chi connectivity index (χ0n) is 14.7. The number of fused-ring (bicyclic) bond motifs is 1. The Morgan fingerprint density at radius 2 is 1.78 bits per heavy atom. The summed E-state index contributed by atoms with van der Waals surface area (Å²) in [5, 5.41) is 5.02. The number of rotatable bonds is 3. The molecular formula is C19H34N2SiTi. The monoisotopic (exact) mass is 366 g/mol. The molecule has 4 heteroatoms. The molecule has 1 aliphatic heterocycles. The molecular weight excluding hydrogens is 332 g/mol. The Kier molecular flexibility index (Phi) is 5.67. The average molecular weight is 366 g/mol. The van der Waals surface area contributed by atoms with Crippen LogP contribution in [0, 0.1) is 0 Å². The number of benzene rings is 1. The molecule has 0 amide bonds. The van der Waals surface area contributed by atoms with Gasteiger partial charge in [-0.25, -0.2) is 0 Å². The summed E-state index contributed by atoms with van der Waals surface area (Å²) in [6.45, 7) is 9.32. The first-order valence-electron chi connectivity index (χ1n) is 8.63. The van der Waals surface area contributed by atoms with Crippen LogP contribution in [0.3, 0.4) is 0 Å². The van der Waals surface area contributed by atoms with Crippen LogP contribution in [0.5, 0.6) is 0 Å². The van der Waals surface area contributed by atoms with E-state index in [-0.39, 0.29) is 16.5 Å². The Bertz CT molecular complexity index is 584. The van der Waals surface area contributed by atoms with Crippen molar-refractivity contribution in [1.29, 1.82) is 0 Å². The van der Waals surface area contributed by atoms with Crippen LogP contribution in [0.25, 0.3) is 6.08 Å². The van der Waals surface area contributed by atoms with Crippen molar-refractivity contribution in [3.63, 3.8) is 0 Å². The van der Waals surface area contributed by atoms with Gasteiger partial charge in [-0.05, 0) is 11.0 Å². The molecule has 3 rings (SSSR count). The standard InChI is InChI=1S/C13H14N.C4H10N.2CH3.H4Si.Ti/c1-2-10-14(9-1)13-8-4-6-11-5-3-7-12(11)13;1-4(2,3)5;;;;/h3-8H,1-2,9-10H2;5H,1-3H3;2*1H3;1H4;/q;-1;;;;+1. The van der Waals surface area contributed by atoms with Crippen LogP contribution in [0.2, 0.25) is 10.5 Å². The topological polar surface area (TPSA) is 15.3 Å². The molecule has 1 N–H and O–H groups in total. The second kappa shape index (κ2) is 6.87. The number of allylic oxidation sites excluding steroid dienone is 1. The normalized spacial score (nSPS) is 20.6. The summed E-state index contributed by atoms with van der Waals surface area (Å²) in [7, 11) is 0. The predicted molar refractivity (Wildman–Crippen MR) is 106 cm³/mol. The molecule has 0 radical (unpaired) electrons. The molecule has 0 aromatic heterocycles. The van der Waals surface area contributed by atoms with Gasteiger partial charge in [0.05, 0.1) is 0 Å². The Hall–Kier alpha value is -0.349. The van der Waals surface area contributed by atoms with E-state index in [1.807, 2.05) is 0 Å². The van der Waals surface area contributed by atoms with E-state index in [4.69, 9.17) is 0 Å². The largest absolute Gasteiger partial charge is 0.0149 e. The minimum atomic E-state index is -2.14. The van der Waals surface area contributed by atoms with Crippen molar-refractivity contribution >= 4 is 22.7 Å². The van der Waals surface area contributed by atoms with Gasteiger partial charge in [-0.15, -0.1) is 0 Å². The van der Waals surface area contributed by atoms with Crippen LogP contribution in [0.4, 0.5) is 5.69 Å². The van der Waals surface area contributed by atoms with Gasteiger partial charge in [-0.1, -0.05) is 0 Å². The molecule has 128 valence electrons. The molecule has 1 heterocycles. The second-order valence-corrected chi connectivity index (χ2v) is 15.1. The molecule has 1 fully saturated rings. The third-order valence-electron chi connectivity index (χ3n) is 4.83. The molecule has 0 bridgehead atoms. The molecule has 2 nitrogen and oxygen atoms in total. The molecule has 1 atom stereocenters. The fourth-order valence-electron chi connectivity index (χ4n) is 4.23. The van der Waals surface area contributed by atoms with E-state index in [0.717, 1.165) is 0 Å². The van der Waals surface area contributed by atoms with Crippen molar-refractivity contribution < 1.29 is 16.8 Å². The first-order valence-corrected chi connectivity index (χ1v) is 13.4. The molecule has 0 spiro atoms. The van der Waals surface area contributed by atoms with Gasteiger partial charge in [0.1, 0.15) is 0 Å². The smallest absolute Gasteiger partial charge is 0.0149 e. The maximum absolute atomic E-state index is 3.99. The van der Waals surface area contributed by atoms with Crippen molar-refractivity contribution in [2.24, 2.45) is 0 Å². The zero-order chi connectivity index (χ0) is 16.0. The van der Waals surface area contributed by atoms with Crippen LogP contribution in [-0.2, 0) is 16.8 Å². The van der Waals surface area contributed by atoms with Gasteiger partial charge in [0.25, 0.3) is 0 Å². The Balaban J connectivity index is 0.00000192. The molecule has 1 aliphatic carbocycles. The van der Waals surface area contributed by atoms with Crippen molar-refractivity contribution in [3.8, 4) is 0 Å². The predicted octanol–water partition coefficient (Wildman–Crippen LogP) is 3.46. The minimum absolute atomic E-state index is 0. The van der Waals surface area contributed by atoms with Crippen LogP contribution in [0.1, 0.15) is 49.0 Å². The number of hydrogen-bond acceptors (Lipinski definition) is 2. The maximum Gasteiger partial charge on any atom is -0.0149 e. The Morgan fingerprint density at radius 3 is 2.39 bits per heavy atom. The van der Waals surface area contributed by atoms with Gasteiger partial charge < -0.3 is 0 Å². The average Bonchev–Trinajstić information content (AvgIpc) is 3.05. The van der Waals surface area contributed by atoms with Gasteiger partial charge in [0.2, 0.25) is 0 Å². The SMILES string of the molecule is CC(C)(C)[NH][Ti]([CH3])([CH3])[CH]1C=Cc2c1cccc2N1CCCC1.[SiH4]. The number of hydrogen-bond donors (Lipinski definition) is 1. The van der Waals surface area contributed by atoms with Crippen LogP contribution < -0.4 is 8.70 Å². The molecule has 0 saturated carbocycles. The van der Waals surface area contributed by atoms with E-state index in [2.05, 4.69) is 70.3 Å². The third-order valence-corrected chi connectivity index (χ3v) is 10.2. The van der Waals surface area contributed by atoms with E-state index >= 15 is 0 Å². The van der Waals surface area contributed by atoms with Gasteiger partial charge >= 0.3 is 140 Å². The fourth-order valence-corrected chi connectivity index (χ4v) is 10.00. The van der Waals surface area contributed by atoms with E-state index in [9.17, 15) is 0 Å². The van der Waals surface area contributed by atoms with Gasteiger partial charge in [0, 0.05) is 0 Å². The van der Waals surface area contributed by atoms with Crippen LogP contribution in [-0.4, -0.2) is 29.6 Å². The maximum atomic E-state index is 3.99. The summed E-state index contributed by atoms with van der Waals surface area (Å²) >= 11 is -2.14. The van der Waals surface area contributed by atoms with Gasteiger partial charge in [-0.2, -0.15) is 0 Å². The summed E-state index contributed by atoms with van der Waals surface area (Å²) in [4.78, 5) is 2.57. The number of anilines is 1. The van der Waals surface area contributed by atoms with Crippen molar-refractivity contribution in [3.05, 3.63) is 35.4 Å². The molecule has 23 heavy (non-hydrogen) atoms. The van der Waals surface area contributed by atoms with Gasteiger partial charge in [-0.3, -0.25) is 0 Å². The third kappa shape index (κ3) is 4.01. The number of nitrogens with one attached hydrogen (secondary N) is 1. The van der Waals surface area contributed by atoms with Crippen molar-refractivity contribution in [2.75, 3.05) is 18.0 Å². The van der Waals surface area contributed by atoms with E-state index in [1.165, 1.54) is 37.2 Å². The minimum Gasteiger partial charge on any atom is -0.0149 e. The quantitative estimate of drug-likeness (QED) is 0.825. The van der Waals surface area contributed by atoms with Crippen LogP contribution >= 0.6 is 0 Å². The molecule has 2 aliphatic rings. The summed E-state index contributed by atoms with van der Waals surface area (Å²) in [6, 6.07) is 6.94. The van der Waals surface area contributed by atoms with E-state index in [1.54, 1.807) is 5.56 Å². The van der Waals surface area contributed by atoms with E-state index in [0.29, 0.717) is 4.22 Å². The molecule has 1 aromatic carbocycles. The summed E-state index contributed by atoms with van der Waals surface area (Å²) in [5.41, 5.74) is 4.71. The van der Waals surface area contributed by atoms with E-state index < -0.39 is 16.8 Å². The summed E-state index contributed by atoms with van der Waals surface area (Å²) in [6.07, 6.45) is 7.55. The summed E-state index contributed by atoms with van der Waals surface area (Å²) in [5.74, 6) is 0. The Morgan fingerprint density at radius 1 is 1.13 bits per heavy atom. The second-order valence-electron chi connectivity index (χ2n) is 8.41. The van der Waals surface area contributed by atoms with Crippen molar-refractivity contribution in [1.82, 2.24) is 3.80 Å². The van der Waals surface area contributed by atoms with Gasteiger partial charge in [0.15, 0.2) is 0 Å². The fraction of sp³-hybridized carbons (Fsp3) is 0.579. The summed E-state index contributed by atoms with van der Waals surface area (Å²) < 4.78 is 4.61. The molecule has 1 aromatic rings. The number of nitrogens with zero attached hydrogens (tertiary/aromatic N) is 1. The molecule has 1 unspecified atom stereocenters. The van der Waals surface area contributed by atoms with Crippen molar-refractivity contribution in [2.45, 2.75) is 53.8 Å². The first kappa shape index (κ1) is 19.0. The van der Waals surface area contributed by atoms with Crippen LogP contribution in [0.15, 0.2) is 24.3 Å². The molecule has 1 saturated heterocycles.